The fourth-order valence-corrected chi connectivity index (χ4v) is 3.05. The van der Waals surface area contributed by atoms with Crippen molar-refractivity contribution in [3.8, 4) is 16.9 Å². The van der Waals surface area contributed by atoms with E-state index in [0.717, 1.165) is 16.9 Å². The summed E-state index contributed by atoms with van der Waals surface area (Å²) in [6.45, 7) is 15.2. The minimum absolute atomic E-state index is 0.187. The molecule has 0 saturated carbocycles. The molecule has 0 unspecified atom stereocenters. The number of hydrogen-bond donors (Lipinski definition) is 0. The van der Waals surface area contributed by atoms with Gasteiger partial charge in [0.15, 0.2) is 0 Å². The van der Waals surface area contributed by atoms with Gasteiger partial charge in [0, 0.05) is 5.56 Å². The molecule has 0 aliphatic carbocycles. The van der Waals surface area contributed by atoms with Crippen molar-refractivity contribution >= 4 is 14.4 Å². The first-order chi connectivity index (χ1) is 10.2. The number of hydrogen-bond acceptors (Lipinski definition) is 1. The van der Waals surface area contributed by atoms with E-state index < -0.39 is 8.32 Å². The Balaban J connectivity index is 2.40. The van der Waals surface area contributed by atoms with Crippen LogP contribution in [0.4, 0.5) is 0 Å². The molecule has 2 aromatic rings. The lowest BCUT2D eigenvalue weighted by Gasteiger charge is -2.37. The van der Waals surface area contributed by atoms with Crippen LogP contribution in [-0.2, 0) is 0 Å². The minimum atomic E-state index is -1.84. The van der Waals surface area contributed by atoms with Crippen molar-refractivity contribution in [3.05, 3.63) is 60.7 Å². The molecule has 0 aliphatic heterocycles. The molecule has 0 N–H and O–H groups in total. The molecule has 1 nitrogen and oxygen atoms in total. The third-order valence-electron chi connectivity index (χ3n) is 4.52. The summed E-state index contributed by atoms with van der Waals surface area (Å²) in [4.78, 5) is 0. The van der Waals surface area contributed by atoms with Gasteiger partial charge in [-0.15, -0.1) is 0 Å². The van der Waals surface area contributed by atoms with Gasteiger partial charge in [-0.3, -0.25) is 0 Å². The van der Waals surface area contributed by atoms with Crippen LogP contribution in [0.1, 0.15) is 26.3 Å². The Morgan fingerprint density at radius 2 is 1.55 bits per heavy atom. The lowest BCUT2D eigenvalue weighted by molar-refractivity contribution is 0.493. The van der Waals surface area contributed by atoms with E-state index in [1.54, 1.807) is 0 Å². The smallest absolute Gasteiger partial charge is 0.250 e. The average molecular weight is 311 g/mol. The summed E-state index contributed by atoms with van der Waals surface area (Å²) in [5.74, 6) is 0.987. The van der Waals surface area contributed by atoms with Crippen molar-refractivity contribution in [2.45, 2.75) is 38.9 Å². The SMILES string of the molecule is C=Cc1ccc(-c2ccccc2O[Si](C)(C)C(C)(C)C)cc1. The Hall–Kier alpha value is -1.80. The summed E-state index contributed by atoms with van der Waals surface area (Å²) < 4.78 is 6.53. The van der Waals surface area contributed by atoms with Crippen LogP contribution in [0.25, 0.3) is 17.2 Å². The van der Waals surface area contributed by atoms with Crippen LogP contribution in [0.15, 0.2) is 55.1 Å². The lowest BCUT2D eigenvalue weighted by Crippen LogP contribution is -2.43. The topological polar surface area (TPSA) is 9.23 Å². The van der Waals surface area contributed by atoms with E-state index in [2.05, 4.69) is 82.9 Å². The molecule has 0 saturated heterocycles. The van der Waals surface area contributed by atoms with Crippen LogP contribution in [0, 0.1) is 0 Å². The van der Waals surface area contributed by atoms with Gasteiger partial charge in [-0.05, 0) is 35.3 Å². The fourth-order valence-electron chi connectivity index (χ4n) is 2.02. The fraction of sp³-hybridized carbons (Fsp3) is 0.300. The van der Waals surface area contributed by atoms with Crippen LogP contribution in [0.3, 0.4) is 0 Å². The zero-order chi connectivity index (χ0) is 16.4. The molecule has 22 heavy (non-hydrogen) atoms. The van der Waals surface area contributed by atoms with E-state index in [1.165, 1.54) is 5.56 Å². The first-order valence-electron chi connectivity index (χ1n) is 7.75. The normalized spacial score (nSPS) is 12.0. The van der Waals surface area contributed by atoms with Gasteiger partial charge < -0.3 is 4.43 Å². The Labute approximate surface area is 135 Å². The number of rotatable bonds is 4. The summed E-state index contributed by atoms with van der Waals surface area (Å²) >= 11 is 0. The van der Waals surface area contributed by atoms with Gasteiger partial charge in [0.2, 0.25) is 0 Å². The van der Waals surface area contributed by atoms with Crippen LogP contribution >= 0.6 is 0 Å². The second-order valence-electron chi connectivity index (χ2n) is 7.18. The van der Waals surface area contributed by atoms with Crippen molar-refractivity contribution in [3.63, 3.8) is 0 Å². The zero-order valence-electron chi connectivity index (χ0n) is 14.3. The largest absolute Gasteiger partial charge is 0.543 e. The molecular formula is C20H26OSi. The van der Waals surface area contributed by atoms with Crippen LogP contribution < -0.4 is 4.43 Å². The average Bonchev–Trinajstić information content (AvgIpc) is 2.46. The summed E-state index contributed by atoms with van der Waals surface area (Å²) in [5, 5.41) is 0.187. The van der Waals surface area contributed by atoms with Crippen molar-refractivity contribution in [1.29, 1.82) is 0 Å². The van der Waals surface area contributed by atoms with E-state index in [-0.39, 0.29) is 5.04 Å². The molecular weight excluding hydrogens is 284 g/mol. The summed E-state index contributed by atoms with van der Waals surface area (Å²) in [5.41, 5.74) is 3.47. The minimum Gasteiger partial charge on any atom is -0.543 e. The maximum atomic E-state index is 6.53. The Kier molecular flexibility index (Phi) is 4.62. The van der Waals surface area contributed by atoms with Crippen LogP contribution in [0.2, 0.25) is 18.1 Å². The molecule has 0 atom stereocenters. The maximum Gasteiger partial charge on any atom is 0.250 e. The van der Waals surface area contributed by atoms with Crippen molar-refractivity contribution < 1.29 is 4.43 Å². The third kappa shape index (κ3) is 3.50. The second kappa shape index (κ2) is 6.13. The van der Waals surface area contributed by atoms with Gasteiger partial charge in [0.25, 0.3) is 8.32 Å². The van der Waals surface area contributed by atoms with Crippen molar-refractivity contribution in [2.24, 2.45) is 0 Å². The standard InChI is InChI=1S/C20H26OSi/c1-7-16-12-14-17(15-13-16)18-10-8-9-11-19(18)21-22(5,6)20(2,3)4/h7-15H,1H2,2-6H3. The molecule has 0 bridgehead atoms. The van der Waals surface area contributed by atoms with Crippen molar-refractivity contribution in [2.75, 3.05) is 0 Å². The van der Waals surface area contributed by atoms with Gasteiger partial charge in [-0.2, -0.15) is 0 Å². The molecule has 2 aromatic carbocycles. The molecule has 2 rings (SSSR count). The molecule has 0 fully saturated rings. The Morgan fingerprint density at radius 1 is 0.955 bits per heavy atom. The predicted molar refractivity (Wildman–Crippen MR) is 99.8 cm³/mol. The molecule has 0 heterocycles. The predicted octanol–water partition coefficient (Wildman–Crippen LogP) is 6.38. The number of benzene rings is 2. The van der Waals surface area contributed by atoms with Gasteiger partial charge in [0.1, 0.15) is 5.75 Å². The van der Waals surface area contributed by atoms with Gasteiger partial charge in [-0.1, -0.05) is 75.9 Å². The van der Waals surface area contributed by atoms with Crippen LogP contribution in [-0.4, -0.2) is 8.32 Å². The molecule has 0 aliphatic rings. The lowest BCUT2D eigenvalue weighted by atomic mass is 10.0. The quantitative estimate of drug-likeness (QED) is 0.595. The van der Waals surface area contributed by atoms with E-state index >= 15 is 0 Å². The highest BCUT2D eigenvalue weighted by atomic mass is 28.4. The highest BCUT2D eigenvalue weighted by Gasteiger charge is 2.39. The Morgan fingerprint density at radius 3 is 2.09 bits per heavy atom. The second-order valence-corrected chi connectivity index (χ2v) is 11.9. The molecule has 0 radical (unpaired) electrons. The number of para-hydroxylation sites is 1. The summed E-state index contributed by atoms with van der Waals surface area (Å²) in [7, 11) is -1.84. The van der Waals surface area contributed by atoms with E-state index in [4.69, 9.17) is 4.43 Å². The summed E-state index contributed by atoms with van der Waals surface area (Å²) in [6.07, 6.45) is 1.86. The maximum absolute atomic E-state index is 6.53. The Bertz CT molecular complexity index is 648. The molecule has 116 valence electrons. The molecule has 0 spiro atoms. The summed E-state index contributed by atoms with van der Waals surface area (Å²) in [6, 6.07) is 16.8. The van der Waals surface area contributed by atoms with Gasteiger partial charge >= 0.3 is 0 Å². The van der Waals surface area contributed by atoms with Gasteiger partial charge in [-0.25, -0.2) is 0 Å². The third-order valence-corrected chi connectivity index (χ3v) is 8.86. The molecule has 2 heteroatoms. The molecule has 0 aromatic heterocycles. The van der Waals surface area contributed by atoms with Gasteiger partial charge in [0.05, 0.1) is 0 Å². The van der Waals surface area contributed by atoms with E-state index in [1.807, 2.05) is 12.1 Å². The molecule has 0 amide bonds. The highest BCUT2D eigenvalue weighted by Crippen LogP contribution is 2.40. The van der Waals surface area contributed by atoms with E-state index in [9.17, 15) is 0 Å². The zero-order valence-corrected chi connectivity index (χ0v) is 15.3. The first kappa shape index (κ1) is 16.6. The van der Waals surface area contributed by atoms with Crippen LogP contribution in [0.5, 0.6) is 5.75 Å². The monoisotopic (exact) mass is 310 g/mol. The van der Waals surface area contributed by atoms with Crippen molar-refractivity contribution in [1.82, 2.24) is 0 Å². The van der Waals surface area contributed by atoms with E-state index in [0.29, 0.717) is 0 Å². The highest BCUT2D eigenvalue weighted by molar-refractivity contribution is 6.74. The first-order valence-corrected chi connectivity index (χ1v) is 10.7.